The number of nitrogens with zero attached hydrogens (tertiary/aromatic N) is 4. The molecule has 6 nitrogen and oxygen atoms in total. The highest BCUT2D eigenvalue weighted by Crippen LogP contribution is 2.55. The van der Waals surface area contributed by atoms with E-state index in [0.717, 1.165) is 36.2 Å². The number of hydrogen-bond acceptors (Lipinski definition) is 5. The Labute approximate surface area is 164 Å². The Morgan fingerprint density at radius 2 is 2.26 bits per heavy atom. The number of rotatable bonds is 4. The van der Waals surface area contributed by atoms with E-state index in [2.05, 4.69) is 34.8 Å². The van der Waals surface area contributed by atoms with E-state index in [-0.39, 0.29) is 12.1 Å². The molecule has 2 aromatic rings. The molecule has 1 aromatic carbocycles. The predicted octanol–water partition coefficient (Wildman–Crippen LogP) is 3.75. The number of benzene rings is 1. The summed E-state index contributed by atoms with van der Waals surface area (Å²) in [4.78, 5) is 2.42. The van der Waals surface area contributed by atoms with Gasteiger partial charge in [-0.2, -0.15) is 0 Å². The Kier molecular flexibility index (Phi) is 4.84. The van der Waals surface area contributed by atoms with Crippen LogP contribution in [-0.4, -0.2) is 39.6 Å². The van der Waals surface area contributed by atoms with Crippen molar-refractivity contribution < 1.29 is 9.47 Å². The third-order valence-electron chi connectivity index (χ3n) is 5.72. The molecule has 2 aliphatic rings. The fourth-order valence-electron chi connectivity index (χ4n) is 4.63. The summed E-state index contributed by atoms with van der Waals surface area (Å²) in [5.41, 5.74) is 2.70. The first kappa shape index (κ1) is 18.6. The standard InChI is InChI=1S/C20H25ClN4O2/c1-5-8-25-13(2)10-20(11-18(25)17-12-24(3)23-22-17)16-7-6-14(21)9-15(16)19(26-4)27-20/h5-7,9,12-13,18-19H,1,8,10-11H2,2-4H3. The fraction of sp³-hybridized carbons (Fsp3) is 0.500. The molecule has 0 saturated carbocycles. The van der Waals surface area contributed by atoms with Gasteiger partial charge in [-0.1, -0.05) is 29.0 Å². The average molecular weight is 389 g/mol. The normalized spacial score (nSPS) is 30.6. The molecule has 144 valence electrons. The molecule has 4 rings (SSSR count). The van der Waals surface area contributed by atoms with Crippen LogP contribution in [0.3, 0.4) is 0 Å². The van der Waals surface area contributed by atoms with E-state index in [0.29, 0.717) is 5.02 Å². The van der Waals surface area contributed by atoms with Crippen molar-refractivity contribution in [2.24, 2.45) is 7.05 Å². The molecular weight excluding hydrogens is 364 g/mol. The van der Waals surface area contributed by atoms with Crippen molar-refractivity contribution in [3.05, 3.63) is 58.9 Å². The molecule has 0 aliphatic carbocycles. The first-order chi connectivity index (χ1) is 13.0. The van der Waals surface area contributed by atoms with Crippen molar-refractivity contribution >= 4 is 11.6 Å². The Bertz CT molecular complexity index is 854. The minimum atomic E-state index is -0.431. The maximum absolute atomic E-state index is 6.53. The highest BCUT2D eigenvalue weighted by molar-refractivity contribution is 6.30. The quantitative estimate of drug-likeness (QED) is 0.746. The molecule has 0 amide bonds. The molecule has 1 aromatic heterocycles. The molecule has 1 fully saturated rings. The molecule has 2 aliphatic heterocycles. The maximum Gasteiger partial charge on any atom is 0.184 e. The fourth-order valence-corrected chi connectivity index (χ4v) is 4.81. The van der Waals surface area contributed by atoms with Crippen molar-refractivity contribution in [2.45, 2.75) is 43.7 Å². The summed E-state index contributed by atoms with van der Waals surface area (Å²) in [6.45, 7) is 6.95. The molecular formula is C20H25ClN4O2. The van der Waals surface area contributed by atoms with Gasteiger partial charge in [-0.15, -0.1) is 11.7 Å². The summed E-state index contributed by atoms with van der Waals surface area (Å²) in [6, 6.07) is 6.34. The van der Waals surface area contributed by atoms with Crippen LogP contribution in [0.5, 0.6) is 0 Å². The number of methoxy groups -OCH3 is 1. The number of hydrogen-bond donors (Lipinski definition) is 0. The van der Waals surface area contributed by atoms with Crippen molar-refractivity contribution in [1.29, 1.82) is 0 Å². The van der Waals surface area contributed by atoms with Gasteiger partial charge in [-0.05, 0) is 31.0 Å². The molecule has 1 spiro atoms. The van der Waals surface area contributed by atoms with Crippen molar-refractivity contribution in [3.63, 3.8) is 0 Å². The van der Waals surface area contributed by atoms with Crippen molar-refractivity contribution in [2.75, 3.05) is 13.7 Å². The third kappa shape index (κ3) is 3.10. The Morgan fingerprint density at radius 3 is 2.93 bits per heavy atom. The maximum atomic E-state index is 6.53. The summed E-state index contributed by atoms with van der Waals surface area (Å²) in [7, 11) is 3.56. The molecule has 0 radical (unpaired) electrons. The Balaban J connectivity index is 1.78. The second kappa shape index (κ2) is 7.02. The van der Waals surface area contributed by atoms with Gasteiger partial charge in [0.2, 0.25) is 0 Å². The number of aryl methyl sites for hydroxylation is 1. The minimum Gasteiger partial charge on any atom is -0.352 e. The largest absolute Gasteiger partial charge is 0.352 e. The number of likely N-dealkylation sites (tertiary alicyclic amines) is 1. The zero-order valence-corrected chi connectivity index (χ0v) is 16.7. The van der Waals surface area contributed by atoms with Crippen LogP contribution < -0.4 is 0 Å². The molecule has 7 heteroatoms. The van der Waals surface area contributed by atoms with Crippen LogP contribution in [0.2, 0.25) is 5.02 Å². The zero-order valence-electron chi connectivity index (χ0n) is 15.9. The van der Waals surface area contributed by atoms with E-state index in [1.807, 2.05) is 31.5 Å². The summed E-state index contributed by atoms with van der Waals surface area (Å²) in [6.07, 6.45) is 5.17. The lowest BCUT2D eigenvalue weighted by Gasteiger charge is -2.48. The number of piperidine rings is 1. The van der Waals surface area contributed by atoms with Gasteiger partial charge in [0.25, 0.3) is 0 Å². The number of ether oxygens (including phenoxy) is 2. The Morgan fingerprint density at radius 1 is 1.44 bits per heavy atom. The first-order valence-corrected chi connectivity index (χ1v) is 9.58. The molecule has 1 saturated heterocycles. The van der Waals surface area contributed by atoms with Crippen LogP contribution in [0.25, 0.3) is 0 Å². The van der Waals surface area contributed by atoms with Crippen LogP contribution in [0.15, 0.2) is 37.1 Å². The average Bonchev–Trinajstić information content (AvgIpc) is 3.19. The van der Waals surface area contributed by atoms with Gasteiger partial charge in [0.05, 0.1) is 11.7 Å². The summed E-state index contributed by atoms with van der Waals surface area (Å²) >= 11 is 6.24. The predicted molar refractivity (Wildman–Crippen MR) is 103 cm³/mol. The lowest BCUT2D eigenvalue weighted by atomic mass is 9.76. The van der Waals surface area contributed by atoms with Crippen LogP contribution in [0.4, 0.5) is 0 Å². The van der Waals surface area contributed by atoms with Gasteiger partial charge in [-0.3, -0.25) is 9.58 Å². The SMILES string of the molecule is C=CCN1C(C)CC2(CC1c1cn(C)nn1)OC(OC)c1cc(Cl)ccc12. The monoisotopic (exact) mass is 388 g/mol. The first-order valence-electron chi connectivity index (χ1n) is 9.21. The topological polar surface area (TPSA) is 52.4 Å². The van der Waals surface area contributed by atoms with Gasteiger partial charge < -0.3 is 9.47 Å². The van der Waals surface area contributed by atoms with Crippen molar-refractivity contribution in [1.82, 2.24) is 19.9 Å². The molecule has 4 unspecified atom stereocenters. The van der Waals surface area contributed by atoms with Gasteiger partial charge in [0, 0.05) is 49.9 Å². The molecule has 0 N–H and O–H groups in total. The Hall–Kier alpha value is -1.73. The van der Waals surface area contributed by atoms with Crippen LogP contribution in [-0.2, 0) is 22.1 Å². The smallest absolute Gasteiger partial charge is 0.184 e. The number of fused-ring (bicyclic) bond motifs is 2. The highest BCUT2D eigenvalue weighted by atomic mass is 35.5. The highest BCUT2D eigenvalue weighted by Gasteiger charge is 2.52. The molecule has 3 heterocycles. The van der Waals surface area contributed by atoms with E-state index in [4.69, 9.17) is 21.1 Å². The zero-order chi connectivity index (χ0) is 19.2. The lowest BCUT2D eigenvalue weighted by molar-refractivity contribution is -0.214. The molecule has 4 atom stereocenters. The minimum absolute atomic E-state index is 0.0829. The number of halogens is 1. The van der Waals surface area contributed by atoms with Crippen LogP contribution in [0, 0.1) is 0 Å². The summed E-state index contributed by atoms with van der Waals surface area (Å²) < 4.78 is 13.9. The van der Waals surface area contributed by atoms with E-state index < -0.39 is 11.9 Å². The van der Waals surface area contributed by atoms with Crippen LogP contribution >= 0.6 is 11.6 Å². The van der Waals surface area contributed by atoms with Gasteiger partial charge in [-0.25, -0.2) is 0 Å². The van der Waals surface area contributed by atoms with E-state index >= 15 is 0 Å². The van der Waals surface area contributed by atoms with Crippen molar-refractivity contribution in [3.8, 4) is 0 Å². The summed E-state index contributed by atoms with van der Waals surface area (Å²) in [5.74, 6) is 0. The van der Waals surface area contributed by atoms with E-state index in [9.17, 15) is 0 Å². The molecule has 0 bridgehead atoms. The van der Waals surface area contributed by atoms with Gasteiger partial charge >= 0.3 is 0 Å². The second-order valence-corrected chi connectivity index (χ2v) is 7.92. The van der Waals surface area contributed by atoms with Gasteiger partial charge in [0.1, 0.15) is 5.60 Å². The molecule has 27 heavy (non-hydrogen) atoms. The number of aromatic nitrogens is 3. The lowest BCUT2D eigenvalue weighted by Crippen LogP contribution is -2.49. The van der Waals surface area contributed by atoms with E-state index in [1.165, 1.54) is 0 Å². The summed E-state index contributed by atoms with van der Waals surface area (Å²) in [5, 5.41) is 9.24. The second-order valence-electron chi connectivity index (χ2n) is 7.49. The van der Waals surface area contributed by atoms with Crippen LogP contribution in [0.1, 0.15) is 48.9 Å². The van der Waals surface area contributed by atoms with E-state index in [1.54, 1.807) is 11.8 Å². The van der Waals surface area contributed by atoms with Gasteiger partial charge in [0.15, 0.2) is 6.29 Å². The third-order valence-corrected chi connectivity index (χ3v) is 5.96.